The van der Waals surface area contributed by atoms with Crippen molar-refractivity contribution >= 4 is 33.2 Å². The fraction of sp³-hybridized carbons (Fsp3) is 0.0417. The van der Waals surface area contributed by atoms with Crippen LogP contribution in [0.1, 0.15) is 22.8 Å². The van der Waals surface area contributed by atoms with Crippen molar-refractivity contribution in [1.82, 2.24) is 15.2 Å². The third-order valence-corrected chi connectivity index (χ3v) is 5.77. The number of nitro benzene ring substituents is 1. The molecule has 0 atom stereocenters. The summed E-state index contributed by atoms with van der Waals surface area (Å²) < 4.78 is 1.91. The number of aromatic nitrogens is 2. The summed E-state index contributed by atoms with van der Waals surface area (Å²) in [6, 6.07) is 21.7. The number of hydrogen-bond acceptors (Lipinski definition) is 5. The Labute approximate surface area is 202 Å². The smallest absolute Gasteiger partial charge is 0.281 e. The number of rotatable bonds is 6. The standard InChI is InChI=1S/C24H18BrN5O4/c1-15(26-27-23(31)19-9-5-6-10-20(19)25)21-22(16-7-3-2-4-8-16)28-29(24(21)32)17-11-13-18(14-12-17)30(33)34/h2-14,28H,1H3,(H,27,31). The van der Waals surface area contributed by atoms with Gasteiger partial charge in [-0.25, -0.2) is 10.1 Å². The minimum absolute atomic E-state index is 0.0839. The molecule has 0 fully saturated rings. The Morgan fingerprint density at radius 1 is 1.03 bits per heavy atom. The van der Waals surface area contributed by atoms with Crippen LogP contribution < -0.4 is 11.0 Å². The van der Waals surface area contributed by atoms with Crippen molar-refractivity contribution in [2.75, 3.05) is 0 Å². The van der Waals surface area contributed by atoms with Gasteiger partial charge in [0.05, 0.1) is 33.1 Å². The molecule has 9 nitrogen and oxygen atoms in total. The number of non-ortho nitro benzene ring substituents is 1. The van der Waals surface area contributed by atoms with E-state index in [0.29, 0.717) is 27.1 Å². The minimum atomic E-state index is -0.507. The molecule has 0 aliphatic carbocycles. The molecule has 0 radical (unpaired) electrons. The zero-order chi connectivity index (χ0) is 24.2. The predicted molar refractivity (Wildman–Crippen MR) is 132 cm³/mol. The number of benzene rings is 3. The predicted octanol–water partition coefficient (Wildman–Crippen LogP) is 4.66. The van der Waals surface area contributed by atoms with Crippen LogP contribution in [0.25, 0.3) is 16.9 Å². The van der Waals surface area contributed by atoms with Crippen LogP contribution in [0.2, 0.25) is 0 Å². The van der Waals surface area contributed by atoms with Gasteiger partial charge < -0.3 is 0 Å². The lowest BCUT2D eigenvalue weighted by Gasteiger charge is -2.05. The third kappa shape index (κ3) is 4.57. The minimum Gasteiger partial charge on any atom is -0.290 e. The van der Waals surface area contributed by atoms with Crippen LogP contribution in [-0.2, 0) is 0 Å². The summed E-state index contributed by atoms with van der Waals surface area (Å²) in [7, 11) is 0. The second-order valence-corrected chi connectivity index (χ2v) is 8.11. The fourth-order valence-electron chi connectivity index (χ4n) is 3.39. The molecule has 1 amide bonds. The van der Waals surface area contributed by atoms with Crippen LogP contribution in [-0.4, -0.2) is 26.3 Å². The molecule has 10 heteroatoms. The Hall–Kier alpha value is -4.31. The maximum atomic E-state index is 13.4. The van der Waals surface area contributed by atoms with Crippen molar-refractivity contribution in [2.45, 2.75) is 6.92 Å². The number of amides is 1. The van der Waals surface area contributed by atoms with E-state index < -0.39 is 16.4 Å². The average Bonchev–Trinajstić information content (AvgIpc) is 3.20. The number of aromatic amines is 1. The molecule has 1 heterocycles. The number of hydrazone groups is 1. The number of carbonyl (C=O) groups is 1. The number of nitro groups is 1. The molecule has 0 saturated heterocycles. The highest BCUT2D eigenvalue weighted by Gasteiger charge is 2.20. The van der Waals surface area contributed by atoms with Gasteiger partial charge in [0.25, 0.3) is 17.2 Å². The maximum absolute atomic E-state index is 13.4. The average molecular weight is 520 g/mol. The summed E-state index contributed by atoms with van der Waals surface area (Å²) in [4.78, 5) is 36.4. The molecule has 0 aliphatic heterocycles. The van der Waals surface area contributed by atoms with Gasteiger partial charge in [-0.3, -0.25) is 24.8 Å². The van der Waals surface area contributed by atoms with Gasteiger partial charge in [0.15, 0.2) is 0 Å². The molecule has 2 N–H and O–H groups in total. The van der Waals surface area contributed by atoms with E-state index in [2.05, 4.69) is 31.6 Å². The first kappa shape index (κ1) is 22.9. The lowest BCUT2D eigenvalue weighted by Crippen LogP contribution is -2.23. The van der Waals surface area contributed by atoms with Gasteiger partial charge in [-0.2, -0.15) is 5.10 Å². The van der Waals surface area contributed by atoms with Gasteiger partial charge in [0.2, 0.25) is 0 Å². The van der Waals surface area contributed by atoms with E-state index in [1.165, 1.54) is 28.9 Å². The number of carbonyl (C=O) groups excluding carboxylic acids is 1. The van der Waals surface area contributed by atoms with Crippen LogP contribution in [0.15, 0.2) is 93.2 Å². The van der Waals surface area contributed by atoms with Crippen molar-refractivity contribution in [3.05, 3.63) is 115 Å². The van der Waals surface area contributed by atoms with E-state index in [1.807, 2.05) is 30.3 Å². The number of hydrogen-bond donors (Lipinski definition) is 2. The molecular formula is C24H18BrN5O4. The Balaban J connectivity index is 1.77. The topological polar surface area (TPSA) is 122 Å². The molecule has 0 bridgehead atoms. The zero-order valence-corrected chi connectivity index (χ0v) is 19.4. The molecule has 34 heavy (non-hydrogen) atoms. The van der Waals surface area contributed by atoms with E-state index in [9.17, 15) is 19.7 Å². The van der Waals surface area contributed by atoms with E-state index in [0.717, 1.165) is 5.56 Å². The molecule has 0 unspecified atom stereocenters. The monoisotopic (exact) mass is 519 g/mol. The van der Waals surface area contributed by atoms with Crippen LogP contribution in [0.5, 0.6) is 0 Å². The van der Waals surface area contributed by atoms with Gasteiger partial charge >= 0.3 is 0 Å². The van der Waals surface area contributed by atoms with Crippen molar-refractivity contribution in [2.24, 2.45) is 5.10 Å². The van der Waals surface area contributed by atoms with Gasteiger partial charge in [-0.15, -0.1) is 0 Å². The molecular weight excluding hydrogens is 502 g/mol. The van der Waals surface area contributed by atoms with Crippen molar-refractivity contribution < 1.29 is 9.72 Å². The summed E-state index contributed by atoms with van der Waals surface area (Å²) in [6.45, 7) is 1.62. The first-order valence-electron chi connectivity index (χ1n) is 10.1. The molecule has 4 rings (SSSR count). The highest BCUT2D eigenvalue weighted by Crippen LogP contribution is 2.22. The fourth-order valence-corrected chi connectivity index (χ4v) is 3.85. The highest BCUT2D eigenvalue weighted by molar-refractivity contribution is 9.10. The van der Waals surface area contributed by atoms with Crippen LogP contribution in [0.3, 0.4) is 0 Å². The van der Waals surface area contributed by atoms with Crippen LogP contribution >= 0.6 is 15.9 Å². The Morgan fingerprint density at radius 3 is 2.32 bits per heavy atom. The summed E-state index contributed by atoms with van der Waals surface area (Å²) >= 11 is 3.34. The Kier molecular flexibility index (Phi) is 6.51. The third-order valence-electron chi connectivity index (χ3n) is 5.08. The summed E-state index contributed by atoms with van der Waals surface area (Å²) in [6.07, 6.45) is 0. The number of halogens is 1. The lowest BCUT2D eigenvalue weighted by atomic mass is 10.1. The van der Waals surface area contributed by atoms with Crippen molar-refractivity contribution in [3.63, 3.8) is 0 Å². The SMILES string of the molecule is CC(=NNC(=O)c1ccccc1Br)c1c(-c2ccccc2)[nH]n(-c2ccc([N+](=O)[O-])cc2)c1=O. The molecule has 4 aromatic rings. The summed E-state index contributed by atoms with van der Waals surface area (Å²) in [5, 5.41) is 18.2. The van der Waals surface area contributed by atoms with E-state index in [-0.39, 0.29) is 11.3 Å². The summed E-state index contributed by atoms with van der Waals surface area (Å²) in [5.74, 6) is -0.431. The molecule has 0 spiro atoms. The number of H-pyrrole nitrogens is 1. The first-order valence-corrected chi connectivity index (χ1v) is 10.9. The molecule has 3 aromatic carbocycles. The van der Waals surface area contributed by atoms with Gasteiger partial charge in [0, 0.05) is 22.2 Å². The molecule has 170 valence electrons. The highest BCUT2D eigenvalue weighted by atomic mass is 79.9. The summed E-state index contributed by atoms with van der Waals surface area (Å²) in [5.41, 5.74) is 4.61. The van der Waals surface area contributed by atoms with Crippen molar-refractivity contribution in [1.29, 1.82) is 0 Å². The second-order valence-electron chi connectivity index (χ2n) is 7.26. The normalized spacial score (nSPS) is 11.3. The molecule has 0 aliphatic rings. The maximum Gasteiger partial charge on any atom is 0.281 e. The van der Waals surface area contributed by atoms with E-state index >= 15 is 0 Å². The molecule has 0 saturated carbocycles. The quantitative estimate of drug-likeness (QED) is 0.218. The van der Waals surface area contributed by atoms with Gasteiger partial charge in [-0.05, 0) is 47.1 Å². The number of nitrogens with one attached hydrogen (secondary N) is 2. The Bertz CT molecular complexity index is 1460. The van der Waals surface area contributed by atoms with Crippen LogP contribution in [0, 0.1) is 10.1 Å². The second kappa shape index (κ2) is 9.67. The largest absolute Gasteiger partial charge is 0.290 e. The zero-order valence-electron chi connectivity index (χ0n) is 17.9. The van der Waals surface area contributed by atoms with E-state index in [4.69, 9.17) is 0 Å². The van der Waals surface area contributed by atoms with E-state index in [1.54, 1.807) is 31.2 Å². The van der Waals surface area contributed by atoms with Crippen LogP contribution in [0.4, 0.5) is 5.69 Å². The number of nitrogens with zero attached hydrogens (tertiary/aromatic N) is 3. The lowest BCUT2D eigenvalue weighted by molar-refractivity contribution is -0.384. The Morgan fingerprint density at radius 2 is 1.68 bits per heavy atom. The van der Waals surface area contributed by atoms with Crippen molar-refractivity contribution in [3.8, 4) is 16.9 Å². The first-order chi connectivity index (χ1) is 16.4. The molecule has 1 aromatic heterocycles. The van der Waals surface area contributed by atoms with Gasteiger partial charge in [-0.1, -0.05) is 42.5 Å². The van der Waals surface area contributed by atoms with Gasteiger partial charge in [0.1, 0.15) is 0 Å².